The molecule has 3 aromatic carbocycles. The van der Waals surface area contributed by atoms with E-state index in [1.165, 1.54) is 16.7 Å². The molecule has 3 saturated carbocycles. The fourth-order valence-electron chi connectivity index (χ4n) is 9.89. The highest BCUT2D eigenvalue weighted by Crippen LogP contribution is 2.50. The second kappa shape index (κ2) is 22.0. The summed E-state index contributed by atoms with van der Waals surface area (Å²) in [6.45, 7) is 12.5. The maximum absolute atomic E-state index is 9.43. The van der Waals surface area contributed by atoms with Crippen LogP contribution in [0, 0.1) is 61.7 Å². The third-order valence-corrected chi connectivity index (χ3v) is 15.1. The van der Waals surface area contributed by atoms with Crippen molar-refractivity contribution in [3.05, 3.63) is 141 Å². The minimum atomic E-state index is -0.750. The molecular weight excluding hydrogens is 989 g/mol. The Morgan fingerprint density at radius 1 is 0.500 bits per heavy atom. The average molecular weight is 1050 g/mol. The molecule has 6 heterocycles. The van der Waals surface area contributed by atoms with Crippen molar-refractivity contribution >= 4 is 57.2 Å². The lowest BCUT2D eigenvalue weighted by molar-refractivity contribution is 0.630. The van der Waals surface area contributed by atoms with Crippen LogP contribution in [0.3, 0.4) is 0 Å². The summed E-state index contributed by atoms with van der Waals surface area (Å²) in [6.07, 6.45) is 13.0. The summed E-state index contributed by atoms with van der Waals surface area (Å²) in [5.74, 6) is 2.65. The van der Waals surface area contributed by atoms with Crippen LogP contribution in [0.2, 0.25) is 0 Å². The molecule has 0 bridgehead atoms. The highest BCUT2D eigenvalue weighted by Gasteiger charge is 2.47. The molecule has 0 atom stereocenters. The van der Waals surface area contributed by atoms with Gasteiger partial charge in [-0.3, -0.25) is 15.0 Å². The molecule has 0 aliphatic heterocycles. The van der Waals surface area contributed by atoms with E-state index in [2.05, 4.69) is 157 Å². The van der Waals surface area contributed by atoms with E-state index in [1.54, 1.807) is 0 Å². The van der Waals surface area contributed by atoms with Gasteiger partial charge in [0.2, 0.25) is 0 Å². The molecule has 0 amide bonds. The van der Waals surface area contributed by atoms with E-state index in [-0.39, 0.29) is 16.2 Å². The quantitative estimate of drug-likeness (QED) is 0.139. The molecule has 6 aromatic heterocycles. The first-order valence-electron chi connectivity index (χ1n) is 25.2. The predicted molar refractivity (Wildman–Crippen MR) is 296 cm³/mol. The number of aromatic nitrogens is 9. The van der Waals surface area contributed by atoms with Crippen molar-refractivity contribution in [2.24, 2.45) is 21.1 Å². The smallest absolute Gasteiger partial charge is 0.326 e. The fourth-order valence-corrected chi connectivity index (χ4v) is 9.89. The van der Waals surface area contributed by atoms with Gasteiger partial charge in [-0.2, -0.15) is 28.4 Å². The van der Waals surface area contributed by atoms with Crippen molar-refractivity contribution in [1.82, 2.24) is 43.6 Å². The predicted octanol–water partition coefficient (Wildman–Crippen LogP) is 10.9. The molecule has 9 aromatic rings. The number of hydrogen-bond donors (Lipinski definition) is 0. The normalized spacial score (nSPS) is 14.7. The Morgan fingerprint density at radius 2 is 0.789 bits per heavy atom. The summed E-state index contributed by atoms with van der Waals surface area (Å²) >= 11 is 2.08. The van der Waals surface area contributed by atoms with Crippen LogP contribution in [0.1, 0.15) is 102 Å². The zero-order valence-corrected chi connectivity index (χ0v) is 45.9. The minimum Gasteiger partial charge on any atom is -0.326 e. The number of pyridine rings is 3. The number of imidazole rings is 3. The number of nitrogens with zero attached hydrogens (tertiary/aromatic N) is 12. The first kappa shape index (κ1) is 54.1. The lowest BCUT2D eigenvalue weighted by Crippen LogP contribution is -2.07. The van der Waals surface area contributed by atoms with Gasteiger partial charge < -0.3 is 13.7 Å². The molecule has 76 heavy (non-hydrogen) atoms. The topological polar surface area (TPSA) is 215 Å². The van der Waals surface area contributed by atoms with Crippen LogP contribution in [0.4, 0.5) is 0 Å². The van der Waals surface area contributed by atoms with Crippen molar-refractivity contribution in [2.45, 2.75) is 109 Å². The van der Waals surface area contributed by atoms with Crippen molar-refractivity contribution < 1.29 is 12.6 Å². The monoisotopic (exact) mass is 1050 g/mol. The molecule has 0 N–H and O–H groups in total. The van der Waals surface area contributed by atoms with Gasteiger partial charge in [0, 0.05) is 39.7 Å². The first-order valence-corrected chi connectivity index (χ1v) is 26.2. The molecular formula is C59H58N12O3S2. The molecule has 0 spiro atoms. The number of nitriles is 3. The van der Waals surface area contributed by atoms with Gasteiger partial charge in [0.15, 0.2) is 30.0 Å². The molecule has 384 valence electrons. The van der Waals surface area contributed by atoms with Crippen molar-refractivity contribution in [1.29, 1.82) is 15.8 Å². The van der Waals surface area contributed by atoms with Crippen molar-refractivity contribution in [3.63, 3.8) is 0 Å². The second-order valence-corrected chi connectivity index (χ2v) is 20.3. The lowest BCUT2D eigenvalue weighted by atomic mass is 9.96. The zero-order chi connectivity index (χ0) is 54.7. The average Bonchev–Trinajstić information content (AvgIpc) is 4.39. The maximum atomic E-state index is 9.43. The number of benzene rings is 3. The summed E-state index contributed by atoms with van der Waals surface area (Å²) in [5.41, 5.74) is 18.3. The standard InChI is InChI=1S/2C20H20N4.C19H18N4.O2S.OS/c2*1-4-14-10-15(20(12-21)7-8-20)11-22-18(14)19-23-16-9-13(2)5-6-17(16)24(19)3;1-12-4-5-16-15(8-12)22-18(23(16)3)17-13(2)9-14(10-21-17)19(11-20)6-7-19;1-3-2;1-2/h2*5-6,9-11H,4,7-8H2,1-3H3;4-5,8-10H,6-7H2,1-3H3;;. The van der Waals surface area contributed by atoms with Crippen LogP contribution in [0.15, 0.2) is 91.4 Å². The Hall–Kier alpha value is -8.17. The summed E-state index contributed by atoms with van der Waals surface area (Å²) < 4.78 is 30.7. The minimum absolute atomic E-state index is 0.292. The third kappa shape index (κ3) is 10.3. The Labute approximate surface area is 451 Å². The Morgan fingerprint density at radius 3 is 1.07 bits per heavy atom. The summed E-state index contributed by atoms with van der Waals surface area (Å²) in [6, 6.07) is 32.7. The summed E-state index contributed by atoms with van der Waals surface area (Å²) in [4.78, 5) is 28.5. The molecule has 3 fully saturated rings. The maximum Gasteiger partial charge on any atom is 0.335 e. The van der Waals surface area contributed by atoms with E-state index >= 15 is 0 Å². The van der Waals surface area contributed by atoms with Gasteiger partial charge in [0.1, 0.15) is 17.1 Å². The van der Waals surface area contributed by atoms with E-state index in [9.17, 15) is 15.8 Å². The highest BCUT2D eigenvalue weighted by molar-refractivity contribution is 7.51. The molecule has 15 nitrogen and oxygen atoms in total. The molecule has 17 heteroatoms. The van der Waals surface area contributed by atoms with Crippen LogP contribution in [0.5, 0.6) is 0 Å². The molecule has 3 aliphatic carbocycles. The van der Waals surface area contributed by atoms with Gasteiger partial charge in [0.25, 0.3) is 0 Å². The van der Waals surface area contributed by atoms with Crippen LogP contribution in [-0.4, -0.2) is 56.2 Å². The Bertz CT molecular complexity index is 3710. The third-order valence-electron chi connectivity index (χ3n) is 15.1. The van der Waals surface area contributed by atoms with Crippen LogP contribution >= 0.6 is 0 Å². The Kier molecular flexibility index (Phi) is 15.6. The van der Waals surface area contributed by atoms with Gasteiger partial charge in [-0.1, -0.05) is 50.2 Å². The number of hydrogen-bond acceptors (Lipinski definition) is 13. The molecule has 3 aliphatic rings. The molecule has 0 radical (unpaired) electrons. The molecule has 0 saturated heterocycles. The van der Waals surface area contributed by atoms with Crippen LogP contribution in [-0.2, 0) is 74.3 Å². The van der Waals surface area contributed by atoms with Gasteiger partial charge in [-0.25, -0.2) is 15.0 Å². The number of rotatable bonds is 8. The van der Waals surface area contributed by atoms with Gasteiger partial charge >= 0.3 is 11.6 Å². The molecule has 0 unspecified atom stereocenters. The van der Waals surface area contributed by atoms with E-state index in [1.807, 2.05) is 46.7 Å². The lowest BCUT2D eigenvalue weighted by Gasteiger charge is -2.12. The Balaban J connectivity index is 0.000000145. The largest absolute Gasteiger partial charge is 0.335 e. The fraction of sp³-hybridized carbons (Fsp3) is 0.339. The number of aryl methyl sites for hydroxylation is 9. The van der Waals surface area contributed by atoms with Gasteiger partial charge in [-0.15, -0.1) is 0 Å². The summed E-state index contributed by atoms with van der Waals surface area (Å²) in [7, 11) is 6.09. The zero-order valence-electron chi connectivity index (χ0n) is 44.2. The molecule has 12 rings (SSSR count). The van der Waals surface area contributed by atoms with Crippen molar-refractivity contribution in [3.8, 4) is 52.8 Å². The van der Waals surface area contributed by atoms with E-state index in [0.717, 1.165) is 152 Å². The number of fused-ring (bicyclic) bond motifs is 3. The summed E-state index contributed by atoms with van der Waals surface area (Å²) in [5, 5.41) is 28.2. The second-order valence-electron chi connectivity index (χ2n) is 20.2. The SMILES string of the molecule is CCc1cc(C2(C#N)CC2)cnc1-c1nc2cc(C)ccc2n1C.CCc1cc(C2(C#N)CC2)cnc1-c1nc2cc(C)ccc2n1C.Cc1ccc2c(c1)nc(-c1ncc(C3(C#N)CC3)cc1C)n2C.O=S.O=S=O. The first-order chi connectivity index (χ1) is 36.6. The van der Waals surface area contributed by atoms with E-state index in [0.29, 0.717) is 0 Å². The van der Waals surface area contributed by atoms with Crippen molar-refractivity contribution in [2.75, 3.05) is 0 Å². The van der Waals surface area contributed by atoms with Crippen LogP contribution < -0.4 is 0 Å². The van der Waals surface area contributed by atoms with Crippen LogP contribution in [0.25, 0.3) is 67.7 Å². The van der Waals surface area contributed by atoms with E-state index < -0.39 is 11.6 Å². The van der Waals surface area contributed by atoms with Gasteiger partial charge in [0.05, 0.1) is 67.6 Å². The highest BCUT2D eigenvalue weighted by atomic mass is 32.1. The van der Waals surface area contributed by atoms with E-state index in [4.69, 9.17) is 37.5 Å². The van der Waals surface area contributed by atoms with Gasteiger partial charge in [-0.05, 0) is 166 Å².